The number of aliphatic hydroxyl groups is 1. The fraction of sp³-hybridized carbons (Fsp3) is 0.333. The number of pyridine rings is 1. The third-order valence-electron chi connectivity index (χ3n) is 4.66. The SMILES string of the molecule is CCNC(=NCc1ccnc(OCc2ccccc2)c1)NCC(C)(O)c1ccc(C)o1.I. The Labute approximate surface area is 206 Å². The minimum atomic E-state index is -1.15. The minimum Gasteiger partial charge on any atom is -0.473 e. The number of nitrogens with zero attached hydrogens (tertiary/aromatic N) is 2. The largest absolute Gasteiger partial charge is 0.473 e. The van der Waals surface area contributed by atoms with Gasteiger partial charge in [0.25, 0.3) is 0 Å². The van der Waals surface area contributed by atoms with E-state index in [0.717, 1.165) is 16.9 Å². The molecular formula is C24H31IN4O3. The fourth-order valence-corrected chi connectivity index (χ4v) is 2.94. The van der Waals surface area contributed by atoms with Crippen LogP contribution in [0.3, 0.4) is 0 Å². The third kappa shape index (κ3) is 7.83. The van der Waals surface area contributed by atoms with Crippen molar-refractivity contribution in [3.05, 3.63) is 83.4 Å². The third-order valence-corrected chi connectivity index (χ3v) is 4.66. The number of guanidine groups is 1. The Bertz CT molecular complexity index is 990. The van der Waals surface area contributed by atoms with Crippen molar-refractivity contribution < 1.29 is 14.3 Å². The quantitative estimate of drug-likeness (QED) is 0.211. The van der Waals surface area contributed by atoms with Crippen molar-refractivity contribution in [3.8, 4) is 5.88 Å². The van der Waals surface area contributed by atoms with Crippen LogP contribution in [0, 0.1) is 6.92 Å². The number of benzene rings is 1. The van der Waals surface area contributed by atoms with Crippen LogP contribution in [0.15, 0.2) is 70.2 Å². The van der Waals surface area contributed by atoms with Gasteiger partial charge in [-0.2, -0.15) is 0 Å². The summed E-state index contributed by atoms with van der Waals surface area (Å²) in [6, 6.07) is 17.4. The molecule has 2 heterocycles. The van der Waals surface area contributed by atoms with E-state index in [1.54, 1.807) is 19.2 Å². The standard InChI is InChI=1S/C24H30N4O3.HI/c1-4-25-23(28-17-24(3,29)21-11-10-18(2)31-21)27-15-20-12-13-26-22(14-20)30-16-19-8-6-5-7-9-19;/h5-14,29H,4,15-17H2,1-3H3,(H2,25,27,28);1H. The lowest BCUT2D eigenvalue weighted by Crippen LogP contribution is -2.44. The lowest BCUT2D eigenvalue weighted by atomic mass is 10.0. The van der Waals surface area contributed by atoms with Crippen LogP contribution >= 0.6 is 24.0 Å². The van der Waals surface area contributed by atoms with E-state index in [1.807, 2.05) is 62.4 Å². The summed E-state index contributed by atoms with van der Waals surface area (Å²) in [5.74, 6) is 2.45. The summed E-state index contributed by atoms with van der Waals surface area (Å²) in [5, 5.41) is 17.1. The molecule has 0 saturated carbocycles. The van der Waals surface area contributed by atoms with Crippen LogP contribution in [0.4, 0.5) is 0 Å². The molecule has 1 unspecified atom stereocenters. The second-order valence-corrected chi connectivity index (χ2v) is 7.51. The van der Waals surface area contributed by atoms with E-state index in [0.29, 0.717) is 37.3 Å². The molecule has 0 saturated heterocycles. The number of rotatable bonds is 9. The molecule has 0 spiro atoms. The number of hydrogen-bond donors (Lipinski definition) is 3. The fourth-order valence-electron chi connectivity index (χ4n) is 2.94. The van der Waals surface area contributed by atoms with Crippen LogP contribution in [-0.4, -0.2) is 29.1 Å². The van der Waals surface area contributed by atoms with Gasteiger partial charge in [-0.15, -0.1) is 24.0 Å². The zero-order chi connectivity index (χ0) is 22.1. The van der Waals surface area contributed by atoms with Gasteiger partial charge in [0.2, 0.25) is 5.88 Å². The highest BCUT2D eigenvalue weighted by Gasteiger charge is 2.27. The summed E-state index contributed by atoms with van der Waals surface area (Å²) >= 11 is 0. The molecule has 0 aliphatic heterocycles. The Morgan fingerprint density at radius 2 is 1.91 bits per heavy atom. The first-order chi connectivity index (χ1) is 15.0. The van der Waals surface area contributed by atoms with Crippen LogP contribution < -0.4 is 15.4 Å². The van der Waals surface area contributed by atoms with Crippen LogP contribution in [0.25, 0.3) is 0 Å². The number of hydrogen-bond acceptors (Lipinski definition) is 5. The topological polar surface area (TPSA) is 91.9 Å². The van der Waals surface area contributed by atoms with E-state index >= 15 is 0 Å². The zero-order valence-corrected chi connectivity index (χ0v) is 21.0. The van der Waals surface area contributed by atoms with Crippen molar-refractivity contribution in [3.63, 3.8) is 0 Å². The summed E-state index contributed by atoms with van der Waals surface area (Å²) in [6.45, 7) is 7.43. The number of nitrogens with one attached hydrogen (secondary N) is 2. The second kappa shape index (κ2) is 12.4. The molecule has 0 aliphatic carbocycles. The Morgan fingerprint density at radius 1 is 1.12 bits per heavy atom. The molecule has 3 N–H and O–H groups in total. The van der Waals surface area contributed by atoms with Gasteiger partial charge in [-0.25, -0.2) is 9.98 Å². The lowest BCUT2D eigenvalue weighted by Gasteiger charge is -2.22. The number of aromatic nitrogens is 1. The van der Waals surface area contributed by atoms with Gasteiger partial charge in [0, 0.05) is 18.8 Å². The van der Waals surface area contributed by atoms with Crippen molar-refractivity contribution in [2.45, 2.75) is 39.5 Å². The number of ether oxygens (including phenoxy) is 1. The number of furan rings is 1. The summed E-state index contributed by atoms with van der Waals surface area (Å²) in [5.41, 5.74) is 0.911. The predicted molar refractivity (Wildman–Crippen MR) is 136 cm³/mol. The first-order valence-electron chi connectivity index (χ1n) is 10.4. The maximum Gasteiger partial charge on any atom is 0.213 e. The second-order valence-electron chi connectivity index (χ2n) is 7.51. The highest BCUT2D eigenvalue weighted by molar-refractivity contribution is 14.0. The van der Waals surface area contributed by atoms with Crippen LogP contribution in [0.5, 0.6) is 5.88 Å². The predicted octanol–water partition coefficient (Wildman–Crippen LogP) is 4.14. The van der Waals surface area contributed by atoms with Crippen molar-refractivity contribution in [1.82, 2.24) is 15.6 Å². The Hall–Kier alpha value is -2.59. The summed E-state index contributed by atoms with van der Waals surface area (Å²) < 4.78 is 11.4. The monoisotopic (exact) mass is 550 g/mol. The van der Waals surface area contributed by atoms with E-state index in [2.05, 4.69) is 20.6 Å². The molecule has 0 aliphatic rings. The van der Waals surface area contributed by atoms with Crippen molar-refractivity contribution in [2.75, 3.05) is 13.1 Å². The summed E-state index contributed by atoms with van der Waals surface area (Å²) in [6.07, 6.45) is 1.72. The van der Waals surface area contributed by atoms with E-state index < -0.39 is 5.60 Å². The highest BCUT2D eigenvalue weighted by atomic mass is 127. The molecule has 3 rings (SSSR count). The lowest BCUT2D eigenvalue weighted by molar-refractivity contribution is 0.0378. The van der Waals surface area contributed by atoms with Crippen LogP contribution in [0.1, 0.15) is 36.5 Å². The molecule has 0 amide bonds. The Morgan fingerprint density at radius 3 is 2.59 bits per heavy atom. The molecule has 3 aromatic rings. The van der Waals surface area contributed by atoms with E-state index in [1.165, 1.54) is 0 Å². The van der Waals surface area contributed by atoms with E-state index in [-0.39, 0.29) is 30.5 Å². The van der Waals surface area contributed by atoms with Gasteiger partial charge < -0.3 is 24.9 Å². The smallest absolute Gasteiger partial charge is 0.213 e. The first-order valence-corrected chi connectivity index (χ1v) is 10.4. The molecule has 0 radical (unpaired) electrons. The van der Waals surface area contributed by atoms with Crippen molar-refractivity contribution >= 4 is 29.9 Å². The molecule has 0 fully saturated rings. The summed E-state index contributed by atoms with van der Waals surface area (Å²) in [7, 11) is 0. The average Bonchev–Trinajstić information content (AvgIpc) is 3.23. The van der Waals surface area contributed by atoms with Gasteiger partial charge in [0.1, 0.15) is 23.7 Å². The number of aliphatic imine (C=N–C) groups is 1. The molecule has 7 nitrogen and oxygen atoms in total. The zero-order valence-electron chi connectivity index (χ0n) is 18.7. The number of halogens is 1. The van der Waals surface area contributed by atoms with Gasteiger partial charge in [0.05, 0.1) is 13.1 Å². The summed E-state index contributed by atoms with van der Waals surface area (Å²) in [4.78, 5) is 8.89. The maximum absolute atomic E-state index is 10.7. The minimum absolute atomic E-state index is 0. The van der Waals surface area contributed by atoms with Crippen LogP contribution in [0.2, 0.25) is 0 Å². The van der Waals surface area contributed by atoms with E-state index in [4.69, 9.17) is 9.15 Å². The Balaban J connectivity index is 0.00000363. The normalized spacial score (nSPS) is 13.1. The van der Waals surface area contributed by atoms with Crippen molar-refractivity contribution in [2.24, 2.45) is 4.99 Å². The van der Waals surface area contributed by atoms with Crippen molar-refractivity contribution in [1.29, 1.82) is 0 Å². The molecule has 2 aromatic heterocycles. The van der Waals surface area contributed by atoms with Gasteiger partial charge >= 0.3 is 0 Å². The number of aryl methyl sites for hydroxylation is 1. The Kier molecular flexibility index (Phi) is 9.98. The van der Waals surface area contributed by atoms with Gasteiger partial charge in [-0.1, -0.05) is 30.3 Å². The van der Waals surface area contributed by atoms with Gasteiger partial charge in [-0.05, 0) is 50.1 Å². The average molecular weight is 550 g/mol. The molecule has 32 heavy (non-hydrogen) atoms. The molecule has 0 bridgehead atoms. The molecule has 1 atom stereocenters. The van der Waals surface area contributed by atoms with Crippen LogP contribution in [-0.2, 0) is 18.8 Å². The van der Waals surface area contributed by atoms with Gasteiger partial charge in [0.15, 0.2) is 5.96 Å². The molecule has 1 aromatic carbocycles. The molecule has 8 heteroatoms. The maximum atomic E-state index is 10.7. The highest BCUT2D eigenvalue weighted by Crippen LogP contribution is 2.22. The van der Waals surface area contributed by atoms with Gasteiger partial charge in [-0.3, -0.25) is 0 Å². The molecular weight excluding hydrogens is 519 g/mol. The first kappa shape index (κ1) is 25.7. The molecule has 172 valence electrons. The van der Waals surface area contributed by atoms with E-state index in [9.17, 15) is 5.11 Å².